The van der Waals surface area contributed by atoms with Crippen LogP contribution in [-0.2, 0) is 16.8 Å². The van der Waals surface area contributed by atoms with Crippen molar-refractivity contribution in [3.63, 3.8) is 0 Å². The van der Waals surface area contributed by atoms with Crippen LogP contribution in [0.15, 0.2) is 54.6 Å². The summed E-state index contributed by atoms with van der Waals surface area (Å²) >= 11 is 1.97. The van der Waals surface area contributed by atoms with E-state index in [1.165, 1.54) is 50.5 Å². The van der Waals surface area contributed by atoms with E-state index in [0.29, 0.717) is 3.57 Å². The lowest BCUT2D eigenvalue weighted by molar-refractivity contribution is 0.0997. The van der Waals surface area contributed by atoms with Gasteiger partial charge >= 0.3 is 10.2 Å². The topological polar surface area (TPSA) is 114 Å². The number of anilines is 2. The molecule has 0 saturated carbocycles. The zero-order valence-corrected chi connectivity index (χ0v) is 21.1. The molecule has 3 aromatic rings. The van der Waals surface area contributed by atoms with Crippen LogP contribution in [-0.4, -0.2) is 32.7 Å². The maximum absolute atomic E-state index is 14.4. The number of primary amides is 1. The number of hydrogen-bond acceptors (Lipinski definition) is 5. The van der Waals surface area contributed by atoms with Crippen molar-refractivity contribution in [1.82, 2.24) is 4.31 Å². The van der Waals surface area contributed by atoms with Crippen LogP contribution in [0.25, 0.3) is 0 Å². The zero-order valence-electron chi connectivity index (χ0n) is 18.1. The van der Waals surface area contributed by atoms with E-state index < -0.39 is 27.8 Å². The van der Waals surface area contributed by atoms with E-state index in [1.54, 1.807) is 6.07 Å². The molecular formula is C22H21F2IN4O4S. The summed E-state index contributed by atoms with van der Waals surface area (Å²) in [5.41, 5.74) is 5.97. The molecule has 4 N–H and O–H groups in total. The molecule has 0 aliphatic rings. The van der Waals surface area contributed by atoms with E-state index >= 15 is 0 Å². The van der Waals surface area contributed by atoms with Crippen LogP contribution in [0, 0.1) is 15.2 Å². The number of amides is 1. The molecular weight excluding hydrogens is 581 g/mol. The van der Waals surface area contributed by atoms with Gasteiger partial charge in [0.2, 0.25) is 0 Å². The largest absolute Gasteiger partial charge is 0.456 e. The molecule has 0 bridgehead atoms. The lowest BCUT2D eigenvalue weighted by Crippen LogP contribution is -2.28. The fourth-order valence-electron chi connectivity index (χ4n) is 2.95. The molecule has 0 fully saturated rings. The second kappa shape index (κ2) is 10.5. The van der Waals surface area contributed by atoms with Gasteiger partial charge in [0, 0.05) is 36.3 Å². The molecule has 0 radical (unpaired) electrons. The number of carbonyl (C=O) groups is 1. The third-order valence-corrected chi connectivity index (χ3v) is 6.71. The average molecular weight is 602 g/mol. The minimum Gasteiger partial charge on any atom is -0.456 e. The highest BCUT2D eigenvalue weighted by molar-refractivity contribution is 14.1. The van der Waals surface area contributed by atoms with Gasteiger partial charge < -0.3 is 15.8 Å². The predicted molar refractivity (Wildman–Crippen MR) is 134 cm³/mol. The number of nitrogens with one attached hydrogen (secondary N) is 2. The van der Waals surface area contributed by atoms with Crippen molar-refractivity contribution < 1.29 is 26.7 Å². The van der Waals surface area contributed by atoms with Gasteiger partial charge in [-0.05, 0) is 64.6 Å². The van der Waals surface area contributed by atoms with Crippen LogP contribution >= 0.6 is 22.6 Å². The fraction of sp³-hybridized carbons (Fsp3) is 0.136. The minimum absolute atomic E-state index is 0.0981. The first kappa shape index (κ1) is 25.6. The van der Waals surface area contributed by atoms with Crippen LogP contribution < -0.4 is 20.5 Å². The number of nitrogens with two attached hydrogens (primary N) is 1. The lowest BCUT2D eigenvalue weighted by Gasteiger charge is -2.16. The molecule has 0 unspecified atom stereocenters. The van der Waals surface area contributed by atoms with Crippen molar-refractivity contribution in [2.24, 2.45) is 5.73 Å². The molecule has 0 atom stereocenters. The van der Waals surface area contributed by atoms with E-state index in [-0.39, 0.29) is 40.5 Å². The summed E-state index contributed by atoms with van der Waals surface area (Å²) in [6.07, 6.45) is 0. The maximum Gasteiger partial charge on any atom is 0.301 e. The Morgan fingerprint density at radius 2 is 1.85 bits per heavy atom. The van der Waals surface area contributed by atoms with Gasteiger partial charge in [-0.25, -0.2) is 8.78 Å². The first-order chi connectivity index (χ1) is 16.0. The van der Waals surface area contributed by atoms with Gasteiger partial charge in [-0.15, -0.1) is 0 Å². The molecule has 12 heteroatoms. The minimum atomic E-state index is -3.76. The maximum atomic E-state index is 14.4. The van der Waals surface area contributed by atoms with Gasteiger partial charge in [0.15, 0.2) is 0 Å². The summed E-state index contributed by atoms with van der Waals surface area (Å²) in [7, 11) is -1.03. The molecule has 3 rings (SSSR count). The summed E-state index contributed by atoms with van der Waals surface area (Å²) in [5, 5.41) is 2.83. The van der Waals surface area contributed by atoms with Crippen LogP contribution in [0.4, 0.5) is 20.2 Å². The standard InChI is InChI=1S/C22H21F2IN4O4S/c1-29(2)34(31,32)28-16-4-3-5-17(11-16)33-20-9-14(23)8-13(21(20)22(26)30)12-27-19-7-6-15(25)10-18(19)24/h3-11,27-28H,12H2,1-2H3,(H2,26,30). The molecule has 0 heterocycles. The van der Waals surface area contributed by atoms with Crippen LogP contribution in [0.2, 0.25) is 0 Å². The Hall–Kier alpha value is -2.97. The Balaban J connectivity index is 1.91. The normalized spacial score (nSPS) is 11.4. The van der Waals surface area contributed by atoms with Crippen molar-refractivity contribution in [3.05, 3.63) is 80.9 Å². The highest BCUT2D eigenvalue weighted by Gasteiger charge is 2.19. The first-order valence-corrected chi connectivity index (χ1v) is 12.3. The van der Waals surface area contributed by atoms with Crippen LogP contribution in [0.5, 0.6) is 11.5 Å². The average Bonchev–Trinajstić information content (AvgIpc) is 2.72. The number of carbonyl (C=O) groups excluding carboxylic acids is 1. The van der Waals surface area contributed by atoms with Gasteiger partial charge in [-0.2, -0.15) is 12.7 Å². The third kappa shape index (κ3) is 6.33. The number of hydrogen-bond donors (Lipinski definition) is 3. The number of nitrogens with zero attached hydrogens (tertiary/aromatic N) is 1. The molecule has 34 heavy (non-hydrogen) atoms. The zero-order chi connectivity index (χ0) is 25.0. The summed E-state index contributed by atoms with van der Waals surface area (Å²) in [4.78, 5) is 12.2. The van der Waals surface area contributed by atoms with Gasteiger partial charge in [0.1, 0.15) is 23.1 Å². The fourth-order valence-corrected chi connectivity index (χ4v) is 4.01. The second-order valence-corrected chi connectivity index (χ2v) is 10.4. The molecule has 0 spiro atoms. The quantitative estimate of drug-likeness (QED) is 0.317. The van der Waals surface area contributed by atoms with Crippen LogP contribution in [0.3, 0.4) is 0 Å². The summed E-state index contributed by atoms with van der Waals surface area (Å²) < 4.78 is 62.4. The molecule has 0 aliphatic heterocycles. The molecule has 0 saturated heterocycles. The molecule has 180 valence electrons. The smallest absolute Gasteiger partial charge is 0.301 e. The van der Waals surface area contributed by atoms with Gasteiger partial charge in [0.25, 0.3) is 5.91 Å². The van der Waals surface area contributed by atoms with Crippen molar-refractivity contribution in [2.45, 2.75) is 6.54 Å². The Bertz CT molecular complexity index is 1340. The van der Waals surface area contributed by atoms with Crippen molar-refractivity contribution in [3.8, 4) is 11.5 Å². The highest BCUT2D eigenvalue weighted by Crippen LogP contribution is 2.31. The molecule has 8 nitrogen and oxygen atoms in total. The Morgan fingerprint density at radius 3 is 2.50 bits per heavy atom. The van der Waals surface area contributed by atoms with Gasteiger partial charge in [-0.3, -0.25) is 9.52 Å². The number of rotatable bonds is 9. The van der Waals surface area contributed by atoms with Crippen molar-refractivity contribution in [1.29, 1.82) is 0 Å². The van der Waals surface area contributed by atoms with Crippen molar-refractivity contribution in [2.75, 3.05) is 24.1 Å². The summed E-state index contributed by atoms with van der Waals surface area (Å²) in [5.74, 6) is -2.12. The lowest BCUT2D eigenvalue weighted by atomic mass is 10.0. The van der Waals surface area contributed by atoms with E-state index in [1.807, 2.05) is 22.6 Å². The highest BCUT2D eigenvalue weighted by atomic mass is 127. The third-order valence-electron chi connectivity index (χ3n) is 4.58. The second-order valence-electron chi connectivity index (χ2n) is 7.30. The summed E-state index contributed by atoms with van der Waals surface area (Å²) in [6.45, 7) is -0.105. The molecule has 0 aliphatic carbocycles. The first-order valence-electron chi connectivity index (χ1n) is 9.75. The van der Waals surface area contributed by atoms with E-state index in [9.17, 15) is 22.0 Å². The van der Waals surface area contributed by atoms with Crippen molar-refractivity contribution >= 4 is 50.1 Å². The molecule has 0 aromatic heterocycles. The Labute approximate surface area is 209 Å². The predicted octanol–water partition coefficient (Wildman–Crippen LogP) is 4.29. The number of benzene rings is 3. The number of halogens is 3. The monoisotopic (exact) mass is 602 g/mol. The Morgan fingerprint density at radius 1 is 1.12 bits per heavy atom. The molecule has 3 aromatic carbocycles. The van der Waals surface area contributed by atoms with E-state index in [2.05, 4.69) is 10.0 Å². The van der Waals surface area contributed by atoms with E-state index in [4.69, 9.17) is 10.5 Å². The number of ether oxygens (including phenoxy) is 1. The summed E-state index contributed by atoms with van der Waals surface area (Å²) in [6, 6.07) is 12.5. The van der Waals surface area contributed by atoms with Gasteiger partial charge in [-0.1, -0.05) is 6.07 Å². The van der Waals surface area contributed by atoms with E-state index in [0.717, 1.165) is 16.4 Å². The molecule has 1 amide bonds. The van der Waals surface area contributed by atoms with Gasteiger partial charge in [0.05, 0.1) is 16.9 Å². The Kier molecular flexibility index (Phi) is 7.94. The van der Waals surface area contributed by atoms with Crippen LogP contribution in [0.1, 0.15) is 15.9 Å². The SMILES string of the molecule is CN(C)S(=O)(=O)Nc1cccc(Oc2cc(F)cc(CNc3ccc(I)cc3F)c2C(N)=O)c1.